The summed E-state index contributed by atoms with van der Waals surface area (Å²) in [6.45, 7) is 5.87. The molecule has 15 heavy (non-hydrogen) atoms. The number of nitrogen functional groups attached to an aromatic ring is 1. The first kappa shape index (κ1) is 10.5. The summed E-state index contributed by atoms with van der Waals surface area (Å²) in [6, 6.07) is 2.30. The minimum absolute atomic E-state index is 0.325. The zero-order valence-corrected chi connectivity index (χ0v) is 9.44. The molecule has 1 saturated heterocycles. The van der Waals surface area contributed by atoms with Crippen LogP contribution in [0.5, 0.6) is 0 Å². The Morgan fingerprint density at radius 3 is 2.93 bits per heavy atom. The monoisotopic (exact) mass is 209 g/mol. The first-order chi connectivity index (χ1) is 7.18. The van der Waals surface area contributed by atoms with Crippen LogP contribution in [0, 0.1) is 0 Å². The average Bonchev–Trinajstić information content (AvgIpc) is 2.62. The third-order valence-electron chi connectivity index (χ3n) is 2.86. The van der Waals surface area contributed by atoms with E-state index in [1.54, 1.807) is 0 Å². The lowest BCUT2D eigenvalue weighted by molar-refractivity contribution is 0.0556. The van der Waals surface area contributed by atoms with Gasteiger partial charge in [0.05, 0.1) is 18.3 Å². The quantitative estimate of drug-likeness (QED) is 0.809. The molecule has 84 valence electrons. The summed E-state index contributed by atoms with van der Waals surface area (Å²) in [7, 11) is 0. The number of rotatable bonds is 2. The van der Waals surface area contributed by atoms with Crippen LogP contribution in [-0.4, -0.2) is 23.0 Å². The normalized spacial score (nSPS) is 22.2. The highest BCUT2D eigenvalue weighted by Gasteiger charge is 2.19. The van der Waals surface area contributed by atoms with E-state index in [0.717, 1.165) is 37.6 Å². The number of nitrogens with zero attached hydrogens (tertiary/aromatic N) is 2. The number of aromatic nitrogens is 2. The van der Waals surface area contributed by atoms with E-state index < -0.39 is 0 Å². The van der Waals surface area contributed by atoms with Crippen molar-refractivity contribution in [3.05, 3.63) is 11.8 Å². The predicted molar refractivity (Wildman–Crippen MR) is 59.8 cm³/mol. The summed E-state index contributed by atoms with van der Waals surface area (Å²) in [5.41, 5.74) is 7.02. The molecular weight excluding hydrogens is 190 g/mol. The van der Waals surface area contributed by atoms with Gasteiger partial charge in [-0.3, -0.25) is 0 Å². The first-order valence-electron chi connectivity index (χ1n) is 5.61. The molecule has 1 unspecified atom stereocenters. The van der Waals surface area contributed by atoms with Crippen molar-refractivity contribution < 1.29 is 4.74 Å². The van der Waals surface area contributed by atoms with Gasteiger partial charge in [0.15, 0.2) is 0 Å². The predicted octanol–water partition coefficient (Wildman–Crippen LogP) is 1.94. The van der Waals surface area contributed by atoms with Crippen LogP contribution >= 0.6 is 0 Å². The molecular formula is C11H19N3O. The van der Waals surface area contributed by atoms with Crippen LogP contribution in [0.4, 0.5) is 5.82 Å². The Balaban J connectivity index is 2.19. The van der Waals surface area contributed by atoms with Crippen molar-refractivity contribution in [2.75, 3.05) is 18.9 Å². The average molecular weight is 209 g/mol. The summed E-state index contributed by atoms with van der Waals surface area (Å²) in [5.74, 6) is 1.19. The van der Waals surface area contributed by atoms with Gasteiger partial charge in [0.25, 0.3) is 0 Å². The Labute approximate surface area is 90.4 Å². The minimum Gasteiger partial charge on any atom is -0.384 e. The van der Waals surface area contributed by atoms with Crippen LogP contribution in [-0.2, 0) is 4.74 Å². The summed E-state index contributed by atoms with van der Waals surface area (Å²) < 4.78 is 7.37. The molecule has 0 aromatic carbocycles. The summed E-state index contributed by atoms with van der Waals surface area (Å²) in [6.07, 6.45) is 2.21. The van der Waals surface area contributed by atoms with Crippen LogP contribution in [0.3, 0.4) is 0 Å². The number of hydrogen-bond donors (Lipinski definition) is 1. The highest BCUT2D eigenvalue weighted by molar-refractivity contribution is 5.32. The van der Waals surface area contributed by atoms with Crippen LogP contribution in [0.2, 0.25) is 0 Å². The SMILES string of the molecule is CC(C)c1cc(N)n(C2CCCOC2)n1. The fourth-order valence-corrected chi connectivity index (χ4v) is 1.92. The maximum absolute atomic E-state index is 5.95. The third kappa shape index (κ3) is 2.15. The fourth-order valence-electron chi connectivity index (χ4n) is 1.92. The van der Waals surface area contributed by atoms with E-state index in [1.807, 2.05) is 10.7 Å². The number of hydrogen-bond acceptors (Lipinski definition) is 3. The van der Waals surface area contributed by atoms with E-state index in [4.69, 9.17) is 10.5 Å². The summed E-state index contributed by atoms with van der Waals surface area (Å²) >= 11 is 0. The molecule has 1 aliphatic rings. The molecule has 1 atom stereocenters. The van der Waals surface area contributed by atoms with Crippen molar-refractivity contribution in [2.24, 2.45) is 0 Å². The van der Waals surface area contributed by atoms with E-state index in [2.05, 4.69) is 18.9 Å². The highest BCUT2D eigenvalue weighted by Crippen LogP contribution is 2.24. The van der Waals surface area contributed by atoms with E-state index >= 15 is 0 Å². The summed E-state index contributed by atoms with van der Waals surface area (Å²) in [4.78, 5) is 0. The topological polar surface area (TPSA) is 53.1 Å². The molecule has 1 aromatic heterocycles. The van der Waals surface area contributed by atoms with Gasteiger partial charge in [-0.1, -0.05) is 13.8 Å². The Hall–Kier alpha value is -1.03. The van der Waals surface area contributed by atoms with Crippen LogP contribution < -0.4 is 5.73 Å². The van der Waals surface area contributed by atoms with Crippen molar-refractivity contribution in [3.63, 3.8) is 0 Å². The molecule has 1 fully saturated rings. The van der Waals surface area contributed by atoms with Gasteiger partial charge in [0.1, 0.15) is 5.82 Å². The van der Waals surface area contributed by atoms with Crippen LogP contribution in [0.25, 0.3) is 0 Å². The third-order valence-corrected chi connectivity index (χ3v) is 2.86. The smallest absolute Gasteiger partial charge is 0.122 e. The van der Waals surface area contributed by atoms with E-state index in [9.17, 15) is 0 Å². The molecule has 2 heterocycles. The van der Waals surface area contributed by atoms with Crippen molar-refractivity contribution >= 4 is 5.82 Å². The number of nitrogens with two attached hydrogens (primary N) is 1. The Morgan fingerprint density at radius 2 is 2.40 bits per heavy atom. The zero-order chi connectivity index (χ0) is 10.8. The molecule has 1 aromatic rings. The van der Waals surface area contributed by atoms with E-state index in [1.165, 1.54) is 0 Å². The molecule has 2 rings (SSSR count). The van der Waals surface area contributed by atoms with Gasteiger partial charge in [0, 0.05) is 12.7 Å². The van der Waals surface area contributed by atoms with Crippen molar-refractivity contribution in [3.8, 4) is 0 Å². The first-order valence-corrected chi connectivity index (χ1v) is 5.61. The maximum atomic E-state index is 5.95. The molecule has 0 saturated carbocycles. The molecule has 4 nitrogen and oxygen atoms in total. The lowest BCUT2D eigenvalue weighted by atomic mass is 10.1. The molecule has 2 N–H and O–H groups in total. The van der Waals surface area contributed by atoms with Crippen LogP contribution in [0.15, 0.2) is 6.07 Å². The summed E-state index contributed by atoms with van der Waals surface area (Å²) in [5, 5.41) is 4.54. The number of anilines is 1. The van der Waals surface area contributed by atoms with Crippen molar-refractivity contribution in [2.45, 2.75) is 38.6 Å². The van der Waals surface area contributed by atoms with Gasteiger partial charge in [-0.2, -0.15) is 5.10 Å². The molecule has 0 bridgehead atoms. The van der Waals surface area contributed by atoms with E-state index in [0.29, 0.717) is 12.0 Å². The van der Waals surface area contributed by atoms with Gasteiger partial charge in [-0.05, 0) is 18.8 Å². The second-order valence-electron chi connectivity index (χ2n) is 4.46. The molecule has 0 radical (unpaired) electrons. The standard InChI is InChI=1S/C11H19N3O/c1-8(2)10-6-11(12)14(13-10)9-4-3-5-15-7-9/h6,8-9H,3-5,7,12H2,1-2H3. The largest absolute Gasteiger partial charge is 0.384 e. The molecule has 4 heteroatoms. The van der Waals surface area contributed by atoms with E-state index in [-0.39, 0.29) is 0 Å². The van der Waals surface area contributed by atoms with Gasteiger partial charge < -0.3 is 10.5 Å². The van der Waals surface area contributed by atoms with Crippen molar-refractivity contribution in [1.82, 2.24) is 9.78 Å². The van der Waals surface area contributed by atoms with Gasteiger partial charge in [-0.15, -0.1) is 0 Å². The fraction of sp³-hybridized carbons (Fsp3) is 0.727. The van der Waals surface area contributed by atoms with Crippen molar-refractivity contribution in [1.29, 1.82) is 0 Å². The molecule has 0 aliphatic carbocycles. The Kier molecular flexibility index (Phi) is 2.95. The number of ether oxygens (including phenoxy) is 1. The second-order valence-corrected chi connectivity index (χ2v) is 4.46. The highest BCUT2D eigenvalue weighted by atomic mass is 16.5. The molecule has 0 amide bonds. The molecule has 0 spiro atoms. The van der Waals surface area contributed by atoms with Gasteiger partial charge in [0.2, 0.25) is 0 Å². The lowest BCUT2D eigenvalue weighted by Gasteiger charge is -2.23. The Morgan fingerprint density at radius 1 is 1.60 bits per heavy atom. The maximum Gasteiger partial charge on any atom is 0.122 e. The zero-order valence-electron chi connectivity index (χ0n) is 9.44. The second kappa shape index (κ2) is 4.23. The minimum atomic E-state index is 0.325. The van der Waals surface area contributed by atoms with Crippen LogP contribution in [0.1, 0.15) is 44.3 Å². The van der Waals surface area contributed by atoms with Gasteiger partial charge in [-0.25, -0.2) is 4.68 Å². The lowest BCUT2D eigenvalue weighted by Crippen LogP contribution is -2.23. The molecule has 1 aliphatic heterocycles. The Bertz CT molecular complexity index is 327. The van der Waals surface area contributed by atoms with Gasteiger partial charge >= 0.3 is 0 Å².